The van der Waals surface area contributed by atoms with Crippen molar-refractivity contribution in [3.63, 3.8) is 0 Å². The first-order valence-corrected chi connectivity index (χ1v) is 7.22. The molecule has 0 aliphatic carbocycles. The Morgan fingerprint density at radius 3 is 2.64 bits per heavy atom. The monoisotopic (exact) mass is 304 g/mol. The second-order valence-electron chi connectivity index (χ2n) is 6.40. The standard InChI is InChI=1S/C17H21FN2O2/c1-10-8-12-9-13(18)6-7-14(12)20-15(10)11(2)19-16(21)22-17(3,4)5/h6-9,11H,1-5H3,(H,19,21)/t11-/m0/s1. The van der Waals surface area contributed by atoms with Crippen molar-refractivity contribution in [3.05, 3.63) is 41.3 Å². The van der Waals surface area contributed by atoms with E-state index in [9.17, 15) is 9.18 Å². The number of hydrogen-bond donors (Lipinski definition) is 1. The fraction of sp³-hybridized carbons (Fsp3) is 0.412. The third-order valence-corrected chi connectivity index (χ3v) is 3.15. The van der Waals surface area contributed by atoms with Gasteiger partial charge in [-0.05, 0) is 64.4 Å². The number of amides is 1. The summed E-state index contributed by atoms with van der Waals surface area (Å²) in [6, 6.07) is 6.03. The van der Waals surface area contributed by atoms with Crippen molar-refractivity contribution in [2.45, 2.75) is 46.3 Å². The molecule has 1 aromatic heterocycles. The summed E-state index contributed by atoms with van der Waals surface area (Å²) >= 11 is 0. The molecule has 0 aliphatic heterocycles. The lowest BCUT2D eigenvalue weighted by atomic mass is 10.1. The Morgan fingerprint density at radius 2 is 2.00 bits per heavy atom. The predicted molar refractivity (Wildman–Crippen MR) is 84.2 cm³/mol. The summed E-state index contributed by atoms with van der Waals surface area (Å²) in [5, 5.41) is 3.51. The Kier molecular flexibility index (Phi) is 4.35. The molecule has 0 saturated carbocycles. The minimum atomic E-state index is -0.548. The molecule has 2 rings (SSSR count). The van der Waals surface area contributed by atoms with Gasteiger partial charge in [-0.1, -0.05) is 0 Å². The Morgan fingerprint density at radius 1 is 1.32 bits per heavy atom. The van der Waals surface area contributed by atoms with Gasteiger partial charge in [0.15, 0.2) is 0 Å². The van der Waals surface area contributed by atoms with Gasteiger partial charge in [0, 0.05) is 5.39 Å². The van der Waals surface area contributed by atoms with Crippen LogP contribution in [0.15, 0.2) is 24.3 Å². The van der Waals surface area contributed by atoms with Crippen molar-refractivity contribution in [2.24, 2.45) is 0 Å². The summed E-state index contributed by atoms with van der Waals surface area (Å²) in [5.41, 5.74) is 1.78. The third kappa shape index (κ3) is 3.93. The minimum Gasteiger partial charge on any atom is -0.444 e. The molecule has 0 bridgehead atoms. The zero-order valence-electron chi connectivity index (χ0n) is 13.5. The van der Waals surface area contributed by atoms with Crippen LogP contribution in [0.5, 0.6) is 0 Å². The lowest BCUT2D eigenvalue weighted by Crippen LogP contribution is -2.34. The largest absolute Gasteiger partial charge is 0.444 e. The molecule has 1 aromatic carbocycles. The van der Waals surface area contributed by atoms with Gasteiger partial charge in [0.2, 0.25) is 0 Å². The number of carbonyl (C=O) groups excluding carboxylic acids is 1. The molecular weight excluding hydrogens is 283 g/mol. The highest BCUT2D eigenvalue weighted by Crippen LogP contribution is 2.22. The van der Waals surface area contributed by atoms with Gasteiger partial charge >= 0.3 is 6.09 Å². The molecule has 22 heavy (non-hydrogen) atoms. The number of aryl methyl sites for hydroxylation is 1. The van der Waals surface area contributed by atoms with Crippen LogP contribution < -0.4 is 5.32 Å². The van der Waals surface area contributed by atoms with E-state index in [0.717, 1.165) is 16.6 Å². The molecule has 1 heterocycles. The number of rotatable bonds is 2. The molecule has 1 amide bonds. The number of fused-ring (bicyclic) bond motifs is 1. The smallest absolute Gasteiger partial charge is 0.408 e. The number of nitrogens with one attached hydrogen (secondary N) is 1. The summed E-state index contributed by atoms with van der Waals surface area (Å²) in [7, 11) is 0. The van der Waals surface area contributed by atoms with Crippen LogP contribution in [0.25, 0.3) is 10.9 Å². The van der Waals surface area contributed by atoms with Gasteiger partial charge in [-0.15, -0.1) is 0 Å². The summed E-state index contributed by atoms with van der Waals surface area (Å²) in [6.45, 7) is 9.16. The van der Waals surface area contributed by atoms with E-state index in [1.54, 1.807) is 6.07 Å². The number of pyridine rings is 1. The van der Waals surface area contributed by atoms with E-state index in [-0.39, 0.29) is 11.9 Å². The van der Waals surface area contributed by atoms with E-state index in [4.69, 9.17) is 4.74 Å². The van der Waals surface area contributed by atoms with Crippen LogP contribution in [0.4, 0.5) is 9.18 Å². The first-order valence-electron chi connectivity index (χ1n) is 7.22. The predicted octanol–water partition coefficient (Wildman–Crippen LogP) is 4.27. The molecule has 1 atom stereocenters. The van der Waals surface area contributed by atoms with E-state index in [0.29, 0.717) is 5.52 Å². The van der Waals surface area contributed by atoms with Crippen molar-refractivity contribution in [3.8, 4) is 0 Å². The van der Waals surface area contributed by atoms with Crippen molar-refractivity contribution >= 4 is 17.0 Å². The fourth-order valence-corrected chi connectivity index (χ4v) is 2.26. The van der Waals surface area contributed by atoms with E-state index in [2.05, 4.69) is 10.3 Å². The van der Waals surface area contributed by atoms with E-state index < -0.39 is 11.7 Å². The number of nitrogens with zero attached hydrogens (tertiary/aromatic N) is 1. The van der Waals surface area contributed by atoms with E-state index >= 15 is 0 Å². The van der Waals surface area contributed by atoms with Crippen LogP contribution in [-0.2, 0) is 4.74 Å². The van der Waals surface area contributed by atoms with Crippen molar-refractivity contribution in [1.29, 1.82) is 0 Å². The summed E-state index contributed by atoms with van der Waals surface area (Å²) < 4.78 is 18.5. The molecular formula is C17H21FN2O2. The van der Waals surface area contributed by atoms with Gasteiger partial charge in [-0.25, -0.2) is 9.18 Å². The Bertz CT molecular complexity index is 708. The molecule has 0 aliphatic rings. The molecule has 0 unspecified atom stereocenters. The van der Waals surface area contributed by atoms with Gasteiger partial charge in [0.05, 0.1) is 17.3 Å². The maximum absolute atomic E-state index is 13.3. The van der Waals surface area contributed by atoms with Gasteiger partial charge in [0.25, 0.3) is 0 Å². The van der Waals surface area contributed by atoms with Crippen molar-refractivity contribution in [2.75, 3.05) is 0 Å². The number of aromatic nitrogens is 1. The highest BCUT2D eigenvalue weighted by molar-refractivity contribution is 5.79. The van der Waals surface area contributed by atoms with Crippen LogP contribution in [-0.4, -0.2) is 16.7 Å². The molecule has 0 radical (unpaired) electrons. The SMILES string of the molecule is Cc1cc2cc(F)ccc2nc1[C@H](C)NC(=O)OC(C)(C)C. The lowest BCUT2D eigenvalue weighted by molar-refractivity contribution is 0.0507. The molecule has 0 spiro atoms. The summed E-state index contributed by atoms with van der Waals surface area (Å²) in [5.74, 6) is -0.290. The second-order valence-corrected chi connectivity index (χ2v) is 6.40. The van der Waals surface area contributed by atoms with Gasteiger partial charge in [-0.3, -0.25) is 4.98 Å². The zero-order valence-corrected chi connectivity index (χ0v) is 13.5. The van der Waals surface area contributed by atoms with Crippen LogP contribution in [0.2, 0.25) is 0 Å². The average molecular weight is 304 g/mol. The molecule has 0 fully saturated rings. The molecule has 4 nitrogen and oxygen atoms in total. The van der Waals surface area contributed by atoms with Gasteiger partial charge < -0.3 is 10.1 Å². The number of hydrogen-bond acceptors (Lipinski definition) is 3. The maximum atomic E-state index is 13.3. The lowest BCUT2D eigenvalue weighted by Gasteiger charge is -2.22. The van der Waals surface area contributed by atoms with Gasteiger partial charge in [0.1, 0.15) is 11.4 Å². The molecule has 118 valence electrons. The summed E-state index contributed by atoms with van der Waals surface area (Å²) in [4.78, 5) is 16.4. The highest BCUT2D eigenvalue weighted by Gasteiger charge is 2.20. The maximum Gasteiger partial charge on any atom is 0.408 e. The highest BCUT2D eigenvalue weighted by atomic mass is 19.1. The molecule has 1 N–H and O–H groups in total. The fourth-order valence-electron chi connectivity index (χ4n) is 2.26. The van der Waals surface area contributed by atoms with Crippen LogP contribution >= 0.6 is 0 Å². The van der Waals surface area contributed by atoms with Crippen molar-refractivity contribution < 1.29 is 13.9 Å². The quantitative estimate of drug-likeness (QED) is 0.901. The third-order valence-electron chi connectivity index (χ3n) is 3.15. The molecule has 5 heteroatoms. The molecule has 2 aromatic rings. The number of alkyl carbamates (subject to hydrolysis) is 1. The van der Waals surface area contributed by atoms with Gasteiger partial charge in [-0.2, -0.15) is 0 Å². The van der Waals surface area contributed by atoms with Crippen LogP contribution in [0, 0.1) is 12.7 Å². The zero-order chi connectivity index (χ0) is 16.5. The van der Waals surface area contributed by atoms with Crippen LogP contribution in [0.1, 0.15) is 45.0 Å². The van der Waals surface area contributed by atoms with E-state index in [1.165, 1.54) is 12.1 Å². The number of carbonyl (C=O) groups is 1. The Labute approximate surface area is 129 Å². The first-order chi connectivity index (χ1) is 10.2. The van der Waals surface area contributed by atoms with E-state index in [1.807, 2.05) is 40.7 Å². The first kappa shape index (κ1) is 16.2. The molecule has 0 saturated heterocycles. The number of benzene rings is 1. The second kappa shape index (κ2) is 5.91. The topological polar surface area (TPSA) is 51.2 Å². The Balaban J connectivity index is 2.24. The minimum absolute atomic E-state index is 0.290. The average Bonchev–Trinajstić information content (AvgIpc) is 2.34. The Hall–Kier alpha value is -2.17. The normalized spacial score (nSPS) is 13.0. The van der Waals surface area contributed by atoms with Crippen molar-refractivity contribution in [1.82, 2.24) is 10.3 Å². The number of halogens is 1. The number of ether oxygens (including phenoxy) is 1. The summed E-state index contributed by atoms with van der Waals surface area (Å²) in [6.07, 6.45) is -0.486. The van der Waals surface area contributed by atoms with Crippen LogP contribution in [0.3, 0.4) is 0 Å².